The summed E-state index contributed by atoms with van der Waals surface area (Å²) < 4.78 is 62.0. The molecule has 2 saturated carbocycles. The van der Waals surface area contributed by atoms with E-state index in [0.717, 1.165) is 68.2 Å². The highest BCUT2D eigenvalue weighted by molar-refractivity contribution is 6.02. The highest BCUT2D eigenvalue weighted by Gasteiger charge is 2.47. The molecule has 1 aliphatic heterocycles. The summed E-state index contributed by atoms with van der Waals surface area (Å²) in [6.07, 6.45) is 0.744. The molecule has 2 nitrogen and oxygen atoms in total. The summed E-state index contributed by atoms with van der Waals surface area (Å²) in [4.78, 5) is 13.5. The number of hydrogen-bond acceptors (Lipinski definition) is 2. The number of benzene rings is 2. The summed E-state index contributed by atoms with van der Waals surface area (Å²) in [5.74, 6) is 0.605. The summed E-state index contributed by atoms with van der Waals surface area (Å²) in [5, 5.41) is 0. The highest BCUT2D eigenvalue weighted by atomic mass is 19.4. The van der Waals surface area contributed by atoms with Crippen molar-refractivity contribution in [1.29, 1.82) is 0 Å². The van der Waals surface area contributed by atoms with Gasteiger partial charge in [-0.2, -0.15) is 13.2 Å². The quantitative estimate of drug-likeness (QED) is 0.416. The molecule has 0 amide bonds. The molecule has 0 aromatic heterocycles. The normalized spacial score (nSPS) is 20.9. The number of hydrogen-bond donors (Lipinski definition) is 0. The van der Waals surface area contributed by atoms with Crippen LogP contribution in [0, 0.1) is 0 Å². The van der Waals surface area contributed by atoms with Gasteiger partial charge in [0.25, 0.3) is 0 Å². The molecule has 3 aliphatic rings. The molecule has 1 unspecified atom stereocenters. The van der Waals surface area contributed by atoms with Crippen LogP contribution in [0.3, 0.4) is 0 Å². The van der Waals surface area contributed by atoms with E-state index >= 15 is 4.39 Å². The van der Waals surface area contributed by atoms with Gasteiger partial charge in [-0.3, -0.25) is 4.79 Å². The Labute approximate surface area is 197 Å². The number of alkyl halides is 4. The molecule has 6 heteroatoms. The SMILES string of the molecule is CC(C)c1cc2c(c(C3CCCC3)c1C(F)c1ccc(C(F)(F)F)cc1)C(=O)CC1(CCC1)O2. The molecular formula is C28H30F4O2. The Morgan fingerprint density at radius 3 is 2.21 bits per heavy atom. The second-order valence-electron chi connectivity index (χ2n) is 10.5. The number of rotatable bonds is 4. The summed E-state index contributed by atoms with van der Waals surface area (Å²) in [5.41, 5.74) is 1.44. The maximum Gasteiger partial charge on any atom is 0.416 e. The van der Waals surface area contributed by atoms with E-state index in [4.69, 9.17) is 4.74 Å². The number of Topliss-reactive ketones (excluding diaryl/α,β-unsaturated/α-hetero) is 1. The van der Waals surface area contributed by atoms with Crippen LogP contribution in [0.2, 0.25) is 0 Å². The molecule has 1 spiro atoms. The summed E-state index contributed by atoms with van der Waals surface area (Å²) in [7, 11) is 0. The van der Waals surface area contributed by atoms with Gasteiger partial charge in [0, 0.05) is 0 Å². The number of ketones is 1. The third-order valence-corrected chi connectivity index (χ3v) is 7.93. The van der Waals surface area contributed by atoms with Gasteiger partial charge in [0.1, 0.15) is 11.4 Å². The topological polar surface area (TPSA) is 26.3 Å². The van der Waals surface area contributed by atoms with Crippen LogP contribution >= 0.6 is 0 Å². The lowest BCUT2D eigenvalue weighted by atomic mass is 9.71. The third kappa shape index (κ3) is 3.93. The van der Waals surface area contributed by atoms with Crippen molar-refractivity contribution in [2.24, 2.45) is 0 Å². The fourth-order valence-corrected chi connectivity index (χ4v) is 5.99. The number of carbonyl (C=O) groups excluding carboxylic acids is 1. The van der Waals surface area contributed by atoms with Crippen LogP contribution in [0.1, 0.15) is 121 Å². The Balaban J connectivity index is 1.68. The first-order valence-corrected chi connectivity index (χ1v) is 12.3. The Hall–Kier alpha value is -2.37. The van der Waals surface area contributed by atoms with Crippen LogP contribution in [0.4, 0.5) is 17.6 Å². The van der Waals surface area contributed by atoms with Gasteiger partial charge in [-0.15, -0.1) is 0 Å². The Kier molecular flexibility index (Phi) is 5.77. The molecule has 2 fully saturated rings. The van der Waals surface area contributed by atoms with Gasteiger partial charge in [-0.1, -0.05) is 38.8 Å². The lowest BCUT2D eigenvalue weighted by molar-refractivity contribution is -0.137. The van der Waals surface area contributed by atoms with Gasteiger partial charge >= 0.3 is 6.18 Å². The monoisotopic (exact) mass is 474 g/mol. The molecule has 2 aromatic carbocycles. The maximum absolute atomic E-state index is 16.3. The van der Waals surface area contributed by atoms with Crippen molar-refractivity contribution in [2.45, 2.75) is 95.0 Å². The van der Waals surface area contributed by atoms with Crippen LogP contribution < -0.4 is 4.74 Å². The van der Waals surface area contributed by atoms with Gasteiger partial charge < -0.3 is 4.74 Å². The van der Waals surface area contributed by atoms with E-state index in [9.17, 15) is 18.0 Å². The lowest BCUT2D eigenvalue weighted by Gasteiger charge is -2.45. The Morgan fingerprint density at radius 2 is 1.68 bits per heavy atom. The van der Waals surface area contributed by atoms with Crippen molar-refractivity contribution in [3.63, 3.8) is 0 Å². The van der Waals surface area contributed by atoms with Crippen molar-refractivity contribution in [2.75, 3.05) is 0 Å². The molecule has 34 heavy (non-hydrogen) atoms. The van der Waals surface area contributed by atoms with Gasteiger partial charge in [0.05, 0.1) is 17.5 Å². The molecule has 0 saturated heterocycles. The molecular weight excluding hydrogens is 444 g/mol. The molecule has 0 N–H and O–H groups in total. The number of ether oxygens (including phenoxy) is 1. The third-order valence-electron chi connectivity index (χ3n) is 7.93. The molecule has 0 bridgehead atoms. The van der Waals surface area contributed by atoms with Crippen molar-refractivity contribution >= 4 is 5.78 Å². The van der Waals surface area contributed by atoms with Crippen molar-refractivity contribution in [1.82, 2.24) is 0 Å². The molecule has 1 atom stereocenters. The Bertz CT molecular complexity index is 1090. The zero-order valence-electron chi connectivity index (χ0n) is 19.6. The average Bonchev–Trinajstić information content (AvgIpc) is 3.30. The van der Waals surface area contributed by atoms with E-state index in [2.05, 4.69) is 0 Å². The number of halogens is 4. The Morgan fingerprint density at radius 1 is 1.03 bits per heavy atom. The molecule has 1 heterocycles. The van der Waals surface area contributed by atoms with Crippen molar-refractivity contribution in [3.8, 4) is 5.75 Å². The minimum absolute atomic E-state index is 0.0130. The maximum atomic E-state index is 16.3. The van der Waals surface area contributed by atoms with Crippen LogP contribution in [-0.2, 0) is 6.18 Å². The van der Waals surface area contributed by atoms with Gasteiger partial charge in [0.2, 0.25) is 0 Å². The van der Waals surface area contributed by atoms with E-state index < -0.39 is 23.5 Å². The summed E-state index contributed by atoms with van der Waals surface area (Å²) >= 11 is 0. The number of fused-ring (bicyclic) bond motifs is 1. The standard InChI is InChI=1S/C28H30F4O2/c1-16(2)20-14-22-25(21(33)15-27(34-22)12-5-13-27)23(17-6-3-4-7-17)24(20)26(29)18-8-10-19(11-9-18)28(30,31)32/h8-11,14,16-17,26H,3-7,12-13,15H2,1-2H3. The van der Waals surface area contributed by atoms with Crippen LogP contribution in [-0.4, -0.2) is 11.4 Å². The fraction of sp³-hybridized carbons (Fsp3) is 0.536. The van der Waals surface area contributed by atoms with Crippen molar-refractivity contribution in [3.05, 3.63) is 63.7 Å². The molecule has 5 rings (SSSR count). The summed E-state index contributed by atoms with van der Waals surface area (Å²) in [6.45, 7) is 3.96. The largest absolute Gasteiger partial charge is 0.486 e. The molecule has 2 aliphatic carbocycles. The fourth-order valence-electron chi connectivity index (χ4n) is 5.99. The number of carbonyl (C=O) groups is 1. The highest BCUT2D eigenvalue weighted by Crippen LogP contribution is 2.52. The smallest absolute Gasteiger partial charge is 0.416 e. The predicted octanol–water partition coefficient (Wildman–Crippen LogP) is 8.43. The van der Waals surface area contributed by atoms with Gasteiger partial charge in [0.15, 0.2) is 12.0 Å². The van der Waals surface area contributed by atoms with E-state index in [-0.39, 0.29) is 23.2 Å². The molecule has 0 radical (unpaired) electrons. The lowest BCUT2D eigenvalue weighted by Crippen LogP contribution is -2.48. The second kappa shape index (κ2) is 8.39. The van der Waals surface area contributed by atoms with Crippen LogP contribution in [0.15, 0.2) is 30.3 Å². The minimum Gasteiger partial charge on any atom is -0.486 e. The molecule has 182 valence electrons. The van der Waals surface area contributed by atoms with E-state index in [1.54, 1.807) is 0 Å². The van der Waals surface area contributed by atoms with E-state index in [1.807, 2.05) is 19.9 Å². The minimum atomic E-state index is -4.48. The zero-order valence-corrected chi connectivity index (χ0v) is 19.6. The van der Waals surface area contributed by atoms with Crippen LogP contribution in [0.25, 0.3) is 0 Å². The first kappa shape index (κ1) is 23.4. The second-order valence-corrected chi connectivity index (χ2v) is 10.5. The predicted molar refractivity (Wildman–Crippen MR) is 122 cm³/mol. The van der Waals surface area contributed by atoms with Crippen molar-refractivity contribution < 1.29 is 27.1 Å². The van der Waals surface area contributed by atoms with Gasteiger partial charge in [-0.25, -0.2) is 4.39 Å². The van der Waals surface area contributed by atoms with Gasteiger partial charge in [-0.05, 0) is 84.4 Å². The first-order chi connectivity index (χ1) is 16.1. The first-order valence-electron chi connectivity index (χ1n) is 12.3. The van der Waals surface area contributed by atoms with E-state index in [1.165, 1.54) is 12.1 Å². The molecule has 2 aromatic rings. The van der Waals surface area contributed by atoms with E-state index in [0.29, 0.717) is 23.3 Å². The average molecular weight is 475 g/mol. The van der Waals surface area contributed by atoms with Crippen LogP contribution in [0.5, 0.6) is 5.75 Å². The zero-order chi connectivity index (χ0) is 24.3. The summed E-state index contributed by atoms with van der Waals surface area (Å²) in [6, 6.07) is 6.13.